The summed E-state index contributed by atoms with van der Waals surface area (Å²) in [7, 11) is 0. The average Bonchev–Trinajstić information content (AvgIpc) is 2.82. The topological polar surface area (TPSA) is 25.8 Å². The Morgan fingerprint density at radius 1 is 1.19 bits per heavy atom. The SMILES string of the molecule is C#CCSc1ncnc2sc(C)c(-c3ccc(C)cc3)c12. The van der Waals surface area contributed by atoms with Crippen LogP contribution in [0.2, 0.25) is 0 Å². The van der Waals surface area contributed by atoms with E-state index in [-0.39, 0.29) is 0 Å². The average molecular weight is 310 g/mol. The van der Waals surface area contributed by atoms with Gasteiger partial charge in [-0.1, -0.05) is 47.5 Å². The highest BCUT2D eigenvalue weighted by Gasteiger charge is 2.16. The quantitative estimate of drug-likeness (QED) is 0.398. The highest BCUT2D eigenvalue weighted by atomic mass is 32.2. The van der Waals surface area contributed by atoms with Gasteiger partial charge in [-0.3, -0.25) is 0 Å². The number of hydrogen-bond donors (Lipinski definition) is 0. The zero-order valence-corrected chi connectivity index (χ0v) is 13.5. The number of terminal acetylenes is 1. The van der Waals surface area contributed by atoms with Crippen LogP contribution in [0.15, 0.2) is 35.6 Å². The number of thiophene rings is 1. The summed E-state index contributed by atoms with van der Waals surface area (Å²) in [6, 6.07) is 8.59. The molecule has 1 aromatic carbocycles. The highest BCUT2D eigenvalue weighted by Crippen LogP contribution is 2.41. The van der Waals surface area contributed by atoms with Gasteiger partial charge in [-0.05, 0) is 19.4 Å². The van der Waals surface area contributed by atoms with Gasteiger partial charge in [0.25, 0.3) is 0 Å². The molecule has 4 heteroatoms. The van der Waals surface area contributed by atoms with Crippen LogP contribution in [0, 0.1) is 26.2 Å². The van der Waals surface area contributed by atoms with Crippen molar-refractivity contribution in [1.29, 1.82) is 0 Å². The maximum Gasteiger partial charge on any atom is 0.128 e. The van der Waals surface area contributed by atoms with E-state index in [1.165, 1.54) is 21.6 Å². The minimum atomic E-state index is 0.619. The fourth-order valence-corrected chi connectivity index (χ4v) is 4.07. The molecule has 0 N–H and O–H groups in total. The monoisotopic (exact) mass is 310 g/mol. The Morgan fingerprint density at radius 2 is 1.95 bits per heavy atom. The molecule has 3 rings (SSSR count). The van der Waals surface area contributed by atoms with Gasteiger partial charge in [-0.15, -0.1) is 17.8 Å². The third-order valence-electron chi connectivity index (χ3n) is 3.26. The molecule has 0 unspecified atom stereocenters. The van der Waals surface area contributed by atoms with Gasteiger partial charge in [-0.2, -0.15) is 0 Å². The minimum absolute atomic E-state index is 0.619. The molecule has 0 aliphatic heterocycles. The molecule has 0 aliphatic carbocycles. The molecule has 2 heterocycles. The van der Waals surface area contributed by atoms with Gasteiger partial charge in [0.15, 0.2) is 0 Å². The van der Waals surface area contributed by atoms with Gasteiger partial charge in [0.1, 0.15) is 16.2 Å². The summed E-state index contributed by atoms with van der Waals surface area (Å²) in [5.41, 5.74) is 3.70. The first kappa shape index (κ1) is 14.1. The molecule has 0 saturated heterocycles. The van der Waals surface area contributed by atoms with Crippen LogP contribution in [0.1, 0.15) is 10.4 Å². The molecule has 0 fully saturated rings. The summed E-state index contributed by atoms with van der Waals surface area (Å²) >= 11 is 3.30. The molecular weight excluding hydrogens is 296 g/mol. The fourth-order valence-electron chi connectivity index (χ4n) is 2.30. The third kappa shape index (κ3) is 2.67. The smallest absolute Gasteiger partial charge is 0.128 e. The van der Waals surface area contributed by atoms with Crippen LogP contribution in [-0.4, -0.2) is 15.7 Å². The van der Waals surface area contributed by atoms with Crippen LogP contribution >= 0.6 is 23.1 Å². The van der Waals surface area contributed by atoms with Crippen LogP contribution in [-0.2, 0) is 0 Å². The maximum atomic E-state index is 5.38. The third-order valence-corrected chi connectivity index (χ3v) is 5.17. The largest absolute Gasteiger partial charge is 0.229 e. The molecule has 0 aliphatic rings. The van der Waals surface area contributed by atoms with E-state index in [9.17, 15) is 0 Å². The summed E-state index contributed by atoms with van der Waals surface area (Å²) in [4.78, 5) is 11.1. The zero-order valence-electron chi connectivity index (χ0n) is 11.9. The number of aromatic nitrogens is 2. The summed E-state index contributed by atoms with van der Waals surface area (Å²) in [6.07, 6.45) is 7.00. The zero-order chi connectivity index (χ0) is 14.8. The lowest BCUT2D eigenvalue weighted by Crippen LogP contribution is -1.87. The van der Waals surface area contributed by atoms with E-state index in [2.05, 4.69) is 54.0 Å². The number of nitrogens with zero attached hydrogens (tertiary/aromatic N) is 2. The Labute approximate surface area is 132 Å². The second kappa shape index (κ2) is 5.88. The number of aryl methyl sites for hydroxylation is 2. The molecular formula is C17H14N2S2. The van der Waals surface area contributed by atoms with E-state index >= 15 is 0 Å². The molecule has 3 aromatic rings. The Kier molecular flexibility index (Phi) is 3.96. The molecule has 0 saturated carbocycles. The number of hydrogen-bond acceptors (Lipinski definition) is 4. The number of thioether (sulfide) groups is 1. The van der Waals surface area contributed by atoms with E-state index in [0.29, 0.717) is 5.75 Å². The van der Waals surface area contributed by atoms with Crippen molar-refractivity contribution in [3.05, 3.63) is 41.0 Å². The second-order valence-corrected chi connectivity index (χ2v) is 6.92. The normalized spacial score (nSPS) is 10.7. The molecule has 0 amide bonds. The molecule has 0 spiro atoms. The van der Waals surface area contributed by atoms with E-state index in [4.69, 9.17) is 6.42 Å². The van der Waals surface area contributed by atoms with Crippen molar-refractivity contribution in [1.82, 2.24) is 9.97 Å². The van der Waals surface area contributed by atoms with Gasteiger partial charge in [0.2, 0.25) is 0 Å². The van der Waals surface area contributed by atoms with Gasteiger partial charge in [-0.25, -0.2) is 9.97 Å². The Morgan fingerprint density at radius 3 is 2.67 bits per heavy atom. The second-order valence-electron chi connectivity index (χ2n) is 4.75. The first-order chi connectivity index (χ1) is 10.2. The van der Waals surface area contributed by atoms with Crippen LogP contribution in [0.25, 0.3) is 21.3 Å². The predicted molar refractivity (Wildman–Crippen MR) is 91.9 cm³/mol. The lowest BCUT2D eigenvalue weighted by Gasteiger charge is -2.05. The first-order valence-corrected chi connectivity index (χ1v) is 8.38. The van der Waals surface area contributed by atoms with Crippen molar-refractivity contribution in [3.63, 3.8) is 0 Å². The van der Waals surface area contributed by atoms with E-state index in [0.717, 1.165) is 15.2 Å². The number of rotatable bonds is 3. The van der Waals surface area contributed by atoms with Gasteiger partial charge in [0.05, 0.1) is 11.1 Å². The van der Waals surface area contributed by atoms with Crippen molar-refractivity contribution in [2.24, 2.45) is 0 Å². The number of benzene rings is 1. The van der Waals surface area contributed by atoms with Crippen LogP contribution < -0.4 is 0 Å². The molecule has 104 valence electrons. The number of fused-ring (bicyclic) bond motifs is 1. The highest BCUT2D eigenvalue weighted by molar-refractivity contribution is 7.99. The maximum absolute atomic E-state index is 5.38. The van der Waals surface area contributed by atoms with Gasteiger partial charge in [0, 0.05) is 10.4 Å². The standard InChI is InChI=1S/C17H14N2S2/c1-4-9-20-16-15-14(13-7-5-11(2)6-8-13)12(3)21-17(15)19-10-18-16/h1,5-8,10H,9H2,2-3H3. The Balaban J connectivity index is 2.24. The van der Waals surface area contributed by atoms with Crippen molar-refractivity contribution < 1.29 is 0 Å². The lowest BCUT2D eigenvalue weighted by molar-refractivity contribution is 1.11. The van der Waals surface area contributed by atoms with Crippen molar-refractivity contribution >= 4 is 33.3 Å². The minimum Gasteiger partial charge on any atom is -0.229 e. The molecule has 0 radical (unpaired) electrons. The molecule has 0 bridgehead atoms. The van der Waals surface area contributed by atoms with Gasteiger partial charge < -0.3 is 0 Å². The van der Waals surface area contributed by atoms with Crippen LogP contribution in [0.5, 0.6) is 0 Å². The molecule has 0 atom stereocenters. The molecule has 2 aromatic heterocycles. The predicted octanol–water partition coefficient (Wildman–Crippen LogP) is 4.70. The summed E-state index contributed by atoms with van der Waals surface area (Å²) in [5, 5.41) is 2.10. The summed E-state index contributed by atoms with van der Waals surface area (Å²) < 4.78 is 0. The van der Waals surface area contributed by atoms with Gasteiger partial charge >= 0.3 is 0 Å². The first-order valence-electron chi connectivity index (χ1n) is 6.58. The fraction of sp³-hybridized carbons (Fsp3) is 0.176. The van der Waals surface area contributed by atoms with E-state index < -0.39 is 0 Å². The van der Waals surface area contributed by atoms with E-state index in [1.807, 2.05) is 0 Å². The van der Waals surface area contributed by atoms with Crippen molar-refractivity contribution in [3.8, 4) is 23.5 Å². The summed E-state index contributed by atoms with van der Waals surface area (Å²) in [5.74, 6) is 3.28. The van der Waals surface area contributed by atoms with Crippen LogP contribution in [0.4, 0.5) is 0 Å². The van der Waals surface area contributed by atoms with Crippen molar-refractivity contribution in [2.45, 2.75) is 18.9 Å². The Bertz CT molecular complexity index is 826. The Hall–Kier alpha value is -1.83. The molecule has 2 nitrogen and oxygen atoms in total. The van der Waals surface area contributed by atoms with Crippen molar-refractivity contribution in [2.75, 3.05) is 5.75 Å². The lowest BCUT2D eigenvalue weighted by atomic mass is 10.0. The van der Waals surface area contributed by atoms with Crippen LogP contribution in [0.3, 0.4) is 0 Å². The summed E-state index contributed by atoms with van der Waals surface area (Å²) in [6.45, 7) is 4.23. The van der Waals surface area contributed by atoms with E-state index in [1.54, 1.807) is 29.4 Å². The molecule has 21 heavy (non-hydrogen) atoms.